The standard InChI is InChI=1S/C26H32N2O4/c1-4-31-26(32-5-2)15-16-27(19(3)20-11-7-6-8-12-20)21(17-26)18-28-24(29)22-13-9-10-14-23(22)25(28)30/h6-14,19,21H,4-5,15-18H2,1-3H3/t19-,21-/m0/s1. The summed E-state index contributed by atoms with van der Waals surface area (Å²) in [5, 5.41) is 0. The average Bonchev–Trinajstić information content (AvgIpc) is 3.05. The van der Waals surface area contributed by atoms with Crippen LogP contribution in [0, 0.1) is 0 Å². The molecule has 6 nitrogen and oxygen atoms in total. The van der Waals surface area contributed by atoms with Gasteiger partial charge in [0, 0.05) is 51.2 Å². The molecule has 1 fully saturated rings. The average molecular weight is 437 g/mol. The fourth-order valence-corrected chi connectivity index (χ4v) is 5.11. The first-order chi connectivity index (χ1) is 15.5. The van der Waals surface area contributed by atoms with Crippen molar-refractivity contribution in [1.82, 2.24) is 9.80 Å². The minimum absolute atomic E-state index is 0.0840. The van der Waals surface area contributed by atoms with E-state index in [9.17, 15) is 9.59 Å². The van der Waals surface area contributed by atoms with Gasteiger partial charge in [-0.05, 0) is 38.5 Å². The van der Waals surface area contributed by atoms with Gasteiger partial charge in [-0.3, -0.25) is 19.4 Å². The number of carbonyl (C=O) groups is 2. The van der Waals surface area contributed by atoms with Gasteiger partial charge in [0.1, 0.15) is 0 Å². The summed E-state index contributed by atoms with van der Waals surface area (Å²) in [7, 11) is 0. The Morgan fingerprint density at radius 2 is 1.50 bits per heavy atom. The van der Waals surface area contributed by atoms with Gasteiger partial charge in [0.15, 0.2) is 5.79 Å². The molecule has 2 atom stereocenters. The lowest BCUT2D eigenvalue weighted by Gasteiger charge is -2.48. The van der Waals surface area contributed by atoms with Crippen LogP contribution in [0.4, 0.5) is 0 Å². The molecule has 0 saturated carbocycles. The van der Waals surface area contributed by atoms with E-state index in [2.05, 4.69) is 24.0 Å². The maximum absolute atomic E-state index is 13.1. The SMILES string of the molecule is CCOC1(OCC)CCN([C@@H](C)c2ccccc2)[C@H](CN2C(=O)c3ccccc3C2=O)C1. The van der Waals surface area contributed by atoms with E-state index in [4.69, 9.17) is 9.47 Å². The van der Waals surface area contributed by atoms with Crippen LogP contribution >= 0.6 is 0 Å². The first-order valence-corrected chi connectivity index (χ1v) is 11.5. The first kappa shape index (κ1) is 22.6. The van der Waals surface area contributed by atoms with E-state index in [1.54, 1.807) is 24.3 Å². The van der Waals surface area contributed by atoms with Crippen molar-refractivity contribution in [3.8, 4) is 0 Å². The number of nitrogens with zero attached hydrogens (tertiary/aromatic N) is 2. The monoisotopic (exact) mass is 436 g/mol. The molecule has 0 aliphatic carbocycles. The molecule has 1 saturated heterocycles. The summed E-state index contributed by atoms with van der Waals surface area (Å²) in [6, 6.07) is 17.4. The number of likely N-dealkylation sites (tertiary alicyclic amines) is 1. The number of amides is 2. The first-order valence-electron chi connectivity index (χ1n) is 11.5. The molecule has 0 spiro atoms. The van der Waals surface area contributed by atoms with Gasteiger partial charge in [0.25, 0.3) is 11.8 Å². The van der Waals surface area contributed by atoms with Gasteiger partial charge in [-0.15, -0.1) is 0 Å². The third-order valence-electron chi connectivity index (χ3n) is 6.63. The topological polar surface area (TPSA) is 59.1 Å². The summed E-state index contributed by atoms with van der Waals surface area (Å²) in [6.07, 6.45) is 1.34. The Bertz CT molecular complexity index is 920. The highest BCUT2D eigenvalue weighted by Gasteiger charge is 2.46. The van der Waals surface area contributed by atoms with Crippen LogP contribution < -0.4 is 0 Å². The Morgan fingerprint density at radius 1 is 0.938 bits per heavy atom. The second kappa shape index (κ2) is 9.53. The van der Waals surface area contributed by atoms with E-state index < -0.39 is 5.79 Å². The molecular formula is C26H32N2O4. The Hall–Kier alpha value is -2.54. The summed E-state index contributed by atoms with van der Waals surface area (Å²) in [6.45, 7) is 8.29. The summed E-state index contributed by atoms with van der Waals surface area (Å²) >= 11 is 0. The highest BCUT2D eigenvalue weighted by atomic mass is 16.7. The molecule has 0 bridgehead atoms. The molecule has 32 heavy (non-hydrogen) atoms. The van der Waals surface area contributed by atoms with E-state index in [0.29, 0.717) is 37.3 Å². The zero-order chi connectivity index (χ0) is 22.7. The van der Waals surface area contributed by atoms with E-state index in [1.165, 1.54) is 10.5 Å². The smallest absolute Gasteiger partial charge is 0.261 e. The number of hydrogen-bond acceptors (Lipinski definition) is 5. The van der Waals surface area contributed by atoms with Crippen molar-refractivity contribution in [1.29, 1.82) is 0 Å². The van der Waals surface area contributed by atoms with Gasteiger partial charge in [0.2, 0.25) is 0 Å². The van der Waals surface area contributed by atoms with Crippen molar-refractivity contribution >= 4 is 11.8 Å². The molecular weight excluding hydrogens is 404 g/mol. The molecule has 0 unspecified atom stereocenters. The Morgan fingerprint density at radius 3 is 2.06 bits per heavy atom. The molecule has 2 aromatic rings. The second-order valence-corrected chi connectivity index (χ2v) is 8.48. The fourth-order valence-electron chi connectivity index (χ4n) is 5.11. The molecule has 2 aliphatic heterocycles. The Labute approximate surface area is 190 Å². The van der Waals surface area contributed by atoms with Gasteiger partial charge in [-0.25, -0.2) is 0 Å². The normalized spacial score (nSPS) is 21.6. The highest BCUT2D eigenvalue weighted by Crippen LogP contribution is 2.37. The fraction of sp³-hybridized carbons (Fsp3) is 0.462. The predicted octanol–water partition coefficient (Wildman–Crippen LogP) is 4.28. The summed E-state index contributed by atoms with van der Waals surface area (Å²) < 4.78 is 12.2. The molecule has 2 heterocycles. The Kier molecular flexibility index (Phi) is 6.74. The van der Waals surface area contributed by atoms with Crippen LogP contribution in [-0.4, -0.2) is 59.7 Å². The molecule has 0 radical (unpaired) electrons. The number of piperidine rings is 1. The van der Waals surface area contributed by atoms with Gasteiger partial charge in [-0.2, -0.15) is 0 Å². The third kappa shape index (κ3) is 4.22. The van der Waals surface area contributed by atoms with Crippen molar-refractivity contribution in [3.63, 3.8) is 0 Å². The van der Waals surface area contributed by atoms with Crippen molar-refractivity contribution in [2.75, 3.05) is 26.3 Å². The largest absolute Gasteiger partial charge is 0.350 e. The maximum Gasteiger partial charge on any atom is 0.261 e. The number of hydrogen-bond donors (Lipinski definition) is 0. The minimum atomic E-state index is -0.695. The van der Waals surface area contributed by atoms with Crippen LogP contribution in [0.3, 0.4) is 0 Å². The van der Waals surface area contributed by atoms with Gasteiger partial charge < -0.3 is 9.47 Å². The van der Waals surface area contributed by atoms with Crippen molar-refractivity contribution in [3.05, 3.63) is 71.3 Å². The van der Waals surface area contributed by atoms with Gasteiger partial charge in [-0.1, -0.05) is 42.5 Å². The number of ether oxygens (including phenoxy) is 2. The molecule has 6 heteroatoms. The van der Waals surface area contributed by atoms with Crippen LogP contribution in [0.1, 0.15) is 65.9 Å². The van der Waals surface area contributed by atoms with E-state index in [1.807, 2.05) is 32.0 Å². The molecule has 2 aliphatic rings. The maximum atomic E-state index is 13.1. The number of carbonyl (C=O) groups excluding carboxylic acids is 2. The molecule has 170 valence electrons. The number of rotatable bonds is 8. The third-order valence-corrected chi connectivity index (χ3v) is 6.63. The molecule has 0 N–H and O–H groups in total. The predicted molar refractivity (Wildman–Crippen MR) is 122 cm³/mol. The Balaban J connectivity index is 1.63. The quantitative estimate of drug-likeness (QED) is 0.457. The lowest BCUT2D eigenvalue weighted by molar-refractivity contribution is -0.263. The summed E-state index contributed by atoms with van der Waals surface area (Å²) in [5.74, 6) is -1.14. The van der Waals surface area contributed by atoms with Crippen LogP contribution in [0.2, 0.25) is 0 Å². The van der Waals surface area contributed by atoms with Crippen molar-refractivity contribution in [2.45, 2.75) is 51.5 Å². The second-order valence-electron chi connectivity index (χ2n) is 8.48. The van der Waals surface area contributed by atoms with E-state index in [0.717, 1.165) is 13.0 Å². The highest BCUT2D eigenvalue weighted by molar-refractivity contribution is 6.21. The molecule has 0 aromatic heterocycles. The lowest BCUT2D eigenvalue weighted by atomic mass is 9.92. The zero-order valence-corrected chi connectivity index (χ0v) is 19.1. The van der Waals surface area contributed by atoms with E-state index >= 15 is 0 Å². The van der Waals surface area contributed by atoms with Crippen LogP contribution in [0.25, 0.3) is 0 Å². The molecule has 2 aromatic carbocycles. The lowest BCUT2D eigenvalue weighted by Crippen LogP contribution is -2.57. The number of fused-ring (bicyclic) bond motifs is 1. The number of benzene rings is 2. The number of imide groups is 1. The van der Waals surface area contributed by atoms with Crippen LogP contribution in [-0.2, 0) is 9.47 Å². The van der Waals surface area contributed by atoms with Gasteiger partial charge >= 0.3 is 0 Å². The summed E-state index contributed by atoms with van der Waals surface area (Å²) in [5.41, 5.74) is 2.17. The van der Waals surface area contributed by atoms with Crippen molar-refractivity contribution < 1.29 is 19.1 Å². The van der Waals surface area contributed by atoms with Gasteiger partial charge in [0.05, 0.1) is 11.1 Å². The zero-order valence-electron chi connectivity index (χ0n) is 19.1. The minimum Gasteiger partial charge on any atom is -0.350 e. The van der Waals surface area contributed by atoms with Crippen LogP contribution in [0.5, 0.6) is 0 Å². The molecule has 2 amide bonds. The van der Waals surface area contributed by atoms with Crippen molar-refractivity contribution in [2.24, 2.45) is 0 Å². The molecule has 4 rings (SSSR count). The van der Waals surface area contributed by atoms with Crippen LogP contribution in [0.15, 0.2) is 54.6 Å². The summed E-state index contributed by atoms with van der Waals surface area (Å²) in [4.78, 5) is 29.9. The van der Waals surface area contributed by atoms with E-state index in [-0.39, 0.29) is 23.9 Å².